The van der Waals surface area contributed by atoms with Crippen molar-refractivity contribution in [2.45, 2.75) is 11.8 Å². The van der Waals surface area contributed by atoms with Gasteiger partial charge >= 0.3 is 0 Å². The Hall–Kier alpha value is -1.07. The van der Waals surface area contributed by atoms with E-state index >= 15 is 0 Å². The zero-order valence-corrected chi connectivity index (χ0v) is 8.22. The minimum Gasteiger partial charge on any atom is -0.387 e. The highest BCUT2D eigenvalue weighted by molar-refractivity contribution is 7.86. The van der Waals surface area contributed by atoms with Gasteiger partial charge in [-0.2, -0.15) is 8.42 Å². The fraction of sp³-hybridized carbons (Fsp3) is 0.250. The lowest BCUT2D eigenvalue weighted by Gasteiger charge is -2.08. The molecule has 1 aromatic carbocycles. The molecule has 0 fully saturated rings. The first kappa shape index (κ1) is 10.0. The van der Waals surface area contributed by atoms with E-state index in [0.717, 1.165) is 0 Å². The topological polar surface area (TPSA) is 66.4 Å². The fourth-order valence-corrected chi connectivity index (χ4v) is 2.11. The molecule has 2 N–H and O–H groups in total. The van der Waals surface area contributed by atoms with Gasteiger partial charge in [-0.05, 0) is 18.6 Å². The van der Waals surface area contributed by atoms with E-state index < -0.39 is 10.1 Å². The standard InChI is InChI=1S/C8H11NO3S/c1-6-4-3-5-7(9-2)8(6)13(10,11)12/h3-5,9H,1-2H3,(H,10,11,12). The number of hydrogen-bond acceptors (Lipinski definition) is 3. The van der Waals surface area contributed by atoms with Crippen LogP contribution >= 0.6 is 0 Å². The van der Waals surface area contributed by atoms with Gasteiger partial charge in [0.1, 0.15) is 4.90 Å². The quantitative estimate of drug-likeness (QED) is 0.707. The average molecular weight is 201 g/mol. The third-order valence-electron chi connectivity index (χ3n) is 1.74. The second kappa shape index (κ2) is 3.35. The largest absolute Gasteiger partial charge is 0.387 e. The van der Waals surface area contributed by atoms with E-state index in [2.05, 4.69) is 5.32 Å². The van der Waals surface area contributed by atoms with Crippen LogP contribution in [0.1, 0.15) is 5.56 Å². The van der Waals surface area contributed by atoms with Crippen LogP contribution < -0.4 is 5.32 Å². The molecule has 0 unspecified atom stereocenters. The average Bonchev–Trinajstić information content (AvgIpc) is 2.01. The molecule has 0 spiro atoms. The van der Waals surface area contributed by atoms with Gasteiger partial charge in [0.05, 0.1) is 5.69 Å². The Morgan fingerprint density at radius 2 is 2.00 bits per heavy atom. The van der Waals surface area contributed by atoms with E-state index in [0.29, 0.717) is 11.3 Å². The molecule has 0 aliphatic heterocycles. The van der Waals surface area contributed by atoms with E-state index in [4.69, 9.17) is 4.55 Å². The molecular weight excluding hydrogens is 190 g/mol. The van der Waals surface area contributed by atoms with Gasteiger partial charge in [0.2, 0.25) is 0 Å². The van der Waals surface area contributed by atoms with Crippen molar-refractivity contribution in [2.75, 3.05) is 12.4 Å². The summed E-state index contributed by atoms with van der Waals surface area (Å²) >= 11 is 0. The molecule has 1 aromatic rings. The molecule has 13 heavy (non-hydrogen) atoms. The molecule has 5 heteroatoms. The van der Waals surface area contributed by atoms with Crippen LogP contribution in [0.4, 0.5) is 5.69 Å². The second-order valence-electron chi connectivity index (χ2n) is 2.68. The van der Waals surface area contributed by atoms with Gasteiger partial charge in [-0.15, -0.1) is 0 Å². The zero-order chi connectivity index (χ0) is 10.1. The number of anilines is 1. The van der Waals surface area contributed by atoms with E-state index in [1.807, 2.05) is 0 Å². The maximum Gasteiger partial charge on any atom is 0.296 e. The summed E-state index contributed by atoms with van der Waals surface area (Å²) in [5.74, 6) is 0. The highest BCUT2D eigenvalue weighted by Crippen LogP contribution is 2.23. The van der Waals surface area contributed by atoms with Gasteiger partial charge in [0.25, 0.3) is 10.1 Å². The van der Waals surface area contributed by atoms with Crippen molar-refractivity contribution >= 4 is 15.8 Å². The number of rotatable bonds is 2. The lowest BCUT2D eigenvalue weighted by molar-refractivity contribution is 0.483. The van der Waals surface area contributed by atoms with Gasteiger partial charge in [-0.25, -0.2) is 0 Å². The normalized spacial score (nSPS) is 11.3. The highest BCUT2D eigenvalue weighted by atomic mass is 32.2. The van der Waals surface area contributed by atoms with Crippen LogP contribution in [-0.2, 0) is 10.1 Å². The van der Waals surface area contributed by atoms with Crippen LogP contribution in [0.2, 0.25) is 0 Å². The van der Waals surface area contributed by atoms with Crippen LogP contribution in [0.25, 0.3) is 0 Å². The molecule has 0 amide bonds. The molecular formula is C8H11NO3S. The molecule has 0 aliphatic rings. The first-order valence-electron chi connectivity index (χ1n) is 3.71. The number of aryl methyl sites for hydroxylation is 1. The molecule has 0 radical (unpaired) electrons. The summed E-state index contributed by atoms with van der Waals surface area (Å²) < 4.78 is 30.8. The van der Waals surface area contributed by atoms with Crippen molar-refractivity contribution < 1.29 is 13.0 Å². The molecule has 0 aliphatic carbocycles. The molecule has 0 saturated heterocycles. The molecule has 4 nitrogen and oxygen atoms in total. The Morgan fingerprint density at radius 1 is 1.38 bits per heavy atom. The Kier molecular flexibility index (Phi) is 2.58. The number of nitrogens with one attached hydrogen (secondary N) is 1. The van der Waals surface area contributed by atoms with Crippen LogP contribution in [0.3, 0.4) is 0 Å². The van der Waals surface area contributed by atoms with E-state index in [1.54, 1.807) is 32.2 Å². The minimum atomic E-state index is -4.14. The molecule has 0 heterocycles. The maximum absolute atomic E-state index is 10.9. The predicted molar refractivity (Wildman–Crippen MR) is 50.5 cm³/mol. The third-order valence-corrected chi connectivity index (χ3v) is 2.80. The van der Waals surface area contributed by atoms with Gasteiger partial charge in [-0.3, -0.25) is 4.55 Å². The van der Waals surface area contributed by atoms with Gasteiger partial charge in [0, 0.05) is 7.05 Å². The molecule has 0 saturated carbocycles. The van der Waals surface area contributed by atoms with Crippen LogP contribution in [0.15, 0.2) is 23.1 Å². The summed E-state index contributed by atoms with van der Waals surface area (Å²) in [4.78, 5) is -0.0579. The van der Waals surface area contributed by atoms with Crippen LogP contribution in [0, 0.1) is 6.92 Å². The summed E-state index contributed by atoms with van der Waals surface area (Å²) in [6.45, 7) is 1.63. The third kappa shape index (κ3) is 1.99. The van der Waals surface area contributed by atoms with E-state index in [1.165, 1.54) is 0 Å². The lowest BCUT2D eigenvalue weighted by Crippen LogP contribution is -2.05. The minimum absolute atomic E-state index is 0.0579. The second-order valence-corrected chi connectivity index (χ2v) is 4.04. The van der Waals surface area contributed by atoms with E-state index in [9.17, 15) is 8.42 Å². The Morgan fingerprint density at radius 3 is 2.38 bits per heavy atom. The fourth-order valence-electron chi connectivity index (χ4n) is 1.19. The molecule has 1 rings (SSSR count). The SMILES string of the molecule is CNc1cccc(C)c1S(=O)(=O)O. The molecule has 0 bridgehead atoms. The van der Waals surface area contributed by atoms with Crippen molar-refractivity contribution in [3.05, 3.63) is 23.8 Å². The molecule has 0 atom stereocenters. The predicted octanol–water partition coefficient (Wildman–Crippen LogP) is 1.28. The number of benzene rings is 1. The highest BCUT2D eigenvalue weighted by Gasteiger charge is 2.16. The Bertz CT molecular complexity index is 411. The summed E-state index contributed by atoms with van der Waals surface area (Å²) in [6, 6.07) is 4.94. The summed E-state index contributed by atoms with van der Waals surface area (Å²) in [7, 11) is -2.54. The Balaban J connectivity index is 3.50. The first-order chi connectivity index (χ1) is 5.96. The summed E-state index contributed by atoms with van der Waals surface area (Å²) in [5.41, 5.74) is 0.928. The van der Waals surface area contributed by atoms with Gasteiger partial charge in [-0.1, -0.05) is 12.1 Å². The van der Waals surface area contributed by atoms with Crippen LogP contribution in [0.5, 0.6) is 0 Å². The van der Waals surface area contributed by atoms with Gasteiger partial charge in [0.15, 0.2) is 0 Å². The van der Waals surface area contributed by atoms with Gasteiger partial charge < -0.3 is 5.32 Å². The van der Waals surface area contributed by atoms with Crippen LogP contribution in [-0.4, -0.2) is 20.0 Å². The summed E-state index contributed by atoms with van der Waals surface area (Å²) in [5, 5.41) is 2.70. The van der Waals surface area contributed by atoms with Crippen molar-refractivity contribution in [1.29, 1.82) is 0 Å². The summed E-state index contributed by atoms with van der Waals surface area (Å²) in [6.07, 6.45) is 0. The Labute approximate surface area is 77.3 Å². The van der Waals surface area contributed by atoms with Crippen molar-refractivity contribution in [1.82, 2.24) is 0 Å². The van der Waals surface area contributed by atoms with Crippen molar-refractivity contribution in [2.24, 2.45) is 0 Å². The monoisotopic (exact) mass is 201 g/mol. The van der Waals surface area contributed by atoms with E-state index in [-0.39, 0.29) is 4.90 Å². The zero-order valence-electron chi connectivity index (χ0n) is 7.40. The lowest BCUT2D eigenvalue weighted by atomic mass is 10.2. The molecule has 0 aromatic heterocycles. The maximum atomic E-state index is 10.9. The molecule has 72 valence electrons. The van der Waals surface area contributed by atoms with Crippen molar-refractivity contribution in [3.8, 4) is 0 Å². The smallest absolute Gasteiger partial charge is 0.296 e. The number of hydrogen-bond donors (Lipinski definition) is 2. The first-order valence-corrected chi connectivity index (χ1v) is 5.15. The van der Waals surface area contributed by atoms with Crippen molar-refractivity contribution in [3.63, 3.8) is 0 Å².